The first-order valence-electron chi connectivity index (χ1n) is 6.44. The zero-order valence-electron chi connectivity index (χ0n) is 9.92. The van der Waals surface area contributed by atoms with Crippen molar-refractivity contribution in [3.05, 3.63) is 0 Å². The first kappa shape index (κ1) is 10.5. The van der Waals surface area contributed by atoms with Gasteiger partial charge in [0, 0.05) is 12.1 Å². The molecule has 14 heavy (non-hydrogen) atoms. The summed E-state index contributed by atoms with van der Waals surface area (Å²) >= 11 is 0. The molecule has 1 nitrogen and oxygen atoms in total. The SMILES string of the molecule is CC(C)C1CCCCC1N[C@@H]1C[C@H]1C. The van der Waals surface area contributed by atoms with Crippen molar-refractivity contribution in [2.45, 2.75) is 65.0 Å². The average molecular weight is 195 g/mol. The minimum absolute atomic E-state index is 0.832. The molecule has 2 aliphatic carbocycles. The zero-order chi connectivity index (χ0) is 10.1. The summed E-state index contributed by atoms with van der Waals surface area (Å²) in [6.07, 6.45) is 7.20. The summed E-state index contributed by atoms with van der Waals surface area (Å²) in [6.45, 7) is 7.15. The van der Waals surface area contributed by atoms with Crippen molar-refractivity contribution in [1.82, 2.24) is 5.32 Å². The molecule has 0 aromatic carbocycles. The van der Waals surface area contributed by atoms with Crippen LogP contribution >= 0.6 is 0 Å². The summed E-state index contributed by atoms with van der Waals surface area (Å²) in [7, 11) is 0. The van der Waals surface area contributed by atoms with E-state index in [-0.39, 0.29) is 0 Å². The van der Waals surface area contributed by atoms with Crippen molar-refractivity contribution < 1.29 is 0 Å². The van der Waals surface area contributed by atoms with Crippen LogP contribution in [-0.4, -0.2) is 12.1 Å². The van der Waals surface area contributed by atoms with Crippen molar-refractivity contribution in [3.63, 3.8) is 0 Å². The lowest BCUT2D eigenvalue weighted by atomic mass is 9.78. The van der Waals surface area contributed by atoms with Gasteiger partial charge in [0.1, 0.15) is 0 Å². The van der Waals surface area contributed by atoms with E-state index in [9.17, 15) is 0 Å². The molecule has 0 bridgehead atoms. The van der Waals surface area contributed by atoms with Gasteiger partial charge < -0.3 is 5.32 Å². The van der Waals surface area contributed by atoms with E-state index >= 15 is 0 Å². The molecule has 2 saturated carbocycles. The highest BCUT2D eigenvalue weighted by Crippen LogP contribution is 2.35. The molecule has 0 aromatic heterocycles. The smallest absolute Gasteiger partial charge is 0.0100 e. The maximum Gasteiger partial charge on any atom is 0.0100 e. The first-order chi connectivity index (χ1) is 6.68. The van der Waals surface area contributed by atoms with E-state index in [1.807, 2.05) is 0 Å². The van der Waals surface area contributed by atoms with Gasteiger partial charge in [-0.1, -0.05) is 33.6 Å². The standard InChI is InChI=1S/C13H25N/c1-9(2)11-6-4-5-7-12(11)14-13-8-10(13)3/h9-14H,4-8H2,1-3H3/t10-,11?,12?,13-/m1/s1. The Bertz CT molecular complexity index is 188. The minimum atomic E-state index is 0.832. The van der Waals surface area contributed by atoms with Crippen LogP contribution in [0, 0.1) is 17.8 Å². The Balaban J connectivity index is 1.86. The van der Waals surface area contributed by atoms with Gasteiger partial charge in [0.05, 0.1) is 0 Å². The maximum absolute atomic E-state index is 3.87. The van der Waals surface area contributed by atoms with Gasteiger partial charge in [0.2, 0.25) is 0 Å². The quantitative estimate of drug-likeness (QED) is 0.729. The van der Waals surface area contributed by atoms with Gasteiger partial charge in [-0.25, -0.2) is 0 Å². The number of nitrogens with one attached hydrogen (secondary N) is 1. The van der Waals surface area contributed by atoms with E-state index in [1.54, 1.807) is 0 Å². The van der Waals surface area contributed by atoms with E-state index in [4.69, 9.17) is 0 Å². The fourth-order valence-electron chi connectivity index (χ4n) is 2.99. The minimum Gasteiger partial charge on any atom is -0.311 e. The Hall–Kier alpha value is -0.0400. The molecule has 2 aliphatic rings. The highest BCUT2D eigenvalue weighted by molar-refractivity contribution is 4.94. The Kier molecular flexibility index (Phi) is 3.16. The van der Waals surface area contributed by atoms with E-state index in [2.05, 4.69) is 26.1 Å². The Morgan fingerprint density at radius 2 is 1.71 bits per heavy atom. The predicted octanol–water partition coefficient (Wildman–Crippen LogP) is 3.20. The van der Waals surface area contributed by atoms with E-state index in [1.165, 1.54) is 32.1 Å². The molecule has 0 aromatic rings. The van der Waals surface area contributed by atoms with E-state index in [0.29, 0.717) is 0 Å². The fraction of sp³-hybridized carbons (Fsp3) is 1.00. The predicted molar refractivity (Wildman–Crippen MR) is 61.3 cm³/mol. The molecule has 0 aliphatic heterocycles. The van der Waals surface area contributed by atoms with Gasteiger partial charge in [-0.2, -0.15) is 0 Å². The molecule has 1 N–H and O–H groups in total. The van der Waals surface area contributed by atoms with Crippen LogP contribution in [0.1, 0.15) is 52.9 Å². The van der Waals surface area contributed by atoms with Crippen molar-refractivity contribution in [3.8, 4) is 0 Å². The van der Waals surface area contributed by atoms with E-state index < -0.39 is 0 Å². The monoisotopic (exact) mass is 195 g/mol. The molecular formula is C13H25N. The van der Waals surface area contributed by atoms with Gasteiger partial charge in [-0.3, -0.25) is 0 Å². The number of hydrogen-bond donors (Lipinski definition) is 1. The molecule has 1 heteroatoms. The van der Waals surface area contributed by atoms with Crippen molar-refractivity contribution in [2.75, 3.05) is 0 Å². The molecule has 4 atom stereocenters. The Labute approximate surface area is 88.7 Å². The van der Waals surface area contributed by atoms with Crippen LogP contribution in [0.3, 0.4) is 0 Å². The van der Waals surface area contributed by atoms with Gasteiger partial charge in [0.15, 0.2) is 0 Å². The summed E-state index contributed by atoms with van der Waals surface area (Å²) < 4.78 is 0. The Morgan fingerprint density at radius 3 is 2.29 bits per heavy atom. The second-order valence-electron chi connectivity index (χ2n) is 5.78. The molecule has 0 radical (unpaired) electrons. The zero-order valence-corrected chi connectivity index (χ0v) is 9.92. The third kappa shape index (κ3) is 2.31. The second kappa shape index (κ2) is 4.22. The molecule has 2 fully saturated rings. The number of hydrogen-bond acceptors (Lipinski definition) is 1. The molecule has 82 valence electrons. The van der Waals surface area contributed by atoms with Crippen LogP contribution in [-0.2, 0) is 0 Å². The molecule has 0 heterocycles. The highest BCUT2D eigenvalue weighted by Gasteiger charge is 2.37. The normalized spacial score (nSPS) is 42.9. The lowest BCUT2D eigenvalue weighted by molar-refractivity contribution is 0.203. The third-order valence-electron chi connectivity index (χ3n) is 4.21. The molecule has 0 spiro atoms. The number of rotatable bonds is 3. The van der Waals surface area contributed by atoms with Crippen molar-refractivity contribution >= 4 is 0 Å². The molecule has 2 unspecified atom stereocenters. The first-order valence-corrected chi connectivity index (χ1v) is 6.44. The van der Waals surface area contributed by atoms with Crippen LogP contribution in [0.25, 0.3) is 0 Å². The lowest BCUT2D eigenvalue weighted by Crippen LogP contribution is -2.42. The van der Waals surface area contributed by atoms with Gasteiger partial charge >= 0.3 is 0 Å². The summed E-state index contributed by atoms with van der Waals surface area (Å²) in [5.74, 6) is 2.75. The molecule has 2 rings (SSSR count). The van der Waals surface area contributed by atoms with Gasteiger partial charge in [0.25, 0.3) is 0 Å². The largest absolute Gasteiger partial charge is 0.311 e. The summed E-state index contributed by atoms with van der Waals surface area (Å²) in [5, 5.41) is 3.87. The molecular weight excluding hydrogens is 170 g/mol. The van der Waals surface area contributed by atoms with Gasteiger partial charge in [-0.05, 0) is 37.0 Å². The fourth-order valence-corrected chi connectivity index (χ4v) is 2.99. The molecule has 0 amide bonds. The summed E-state index contributed by atoms with van der Waals surface area (Å²) in [4.78, 5) is 0. The summed E-state index contributed by atoms with van der Waals surface area (Å²) in [6, 6.07) is 1.69. The topological polar surface area (TPSA) is 12.0 Å². The second-order valence-corrected chi connectivity index (χ2v) is 5.78. The maximum atomic E-state index is 3.87. The van der Waals surface area contributed by atoms with Crippen LogP contribution in [0.5, 0.6) is 0 Å². The van der Waals surface area contributed by atoms with E-state index in [0.717, 1.165) is 29.8 Å². The summed E-state index contributed by atoms with van der Waals surface area (Å²) in [5.41, 5.74) is 0. The van der Waals surface area contributed by atoms with Crippen LogP contribution in [0.15, 0.2) is 0 Å². The van der Waals surface area contributed by atoms with Crippen molar-refractivity contribution in [2.24, 2.45) is 17.8 Å². The Morgan fingerprint density at radius 1 is 1.07 bits per heavy atom. The average Bonchev–Trinajstić information content (AvgIpc) is 2.82. The molecule has 0 saturated heterocycles. The lowest BCUT2D eigenvalue weighted by Gasteiger charge is -2.35. The van der Waals surface area contributed by atoms with Crippen molar-refractivity contribution in [1.29, 1.82) is 0 Å². The van der Waals surface area contributed by atoms with Crippen LogP contribution in [0.2, 0.25) is 0 Å². The van der Waals surface area contributed by atoms with Gasteiger partial charge in [-0.15, -0.1) is 0 Å². The van der Waals surface area contributed by atoms with Crippen LogP contribution < -0.4 is 5.32 Å². The van der Waals surface area contributed by atoms with Crippen LogP contribution in [0.4, 0.5) is 0 Å². The highest BCUT2D eigenvalue weighted by atomic mass is 15.0. The third-order valence-corrected chi connectivity index (χ3v) is 4.21.